The van der Waals surface area contributed by atoms with Gasteiger partial charge < -0.3 is 19.7 Å². The molecule has 1 rings (SSSR count). The van der Waals surface area contributed by atoms with Gasteiger partial charge in [0.05, 0.1) is 6.61 Å². The molecule has 1 N–H and O–H groups in total. The maximum Gasteiger partial charge on any atom is 0.317 e. The van der Waals surface area contributed by atoms with Crippen molar-refractivity contribution >= 4 is 6.03 Å². The lowest BCUT2D eigenvalue weighted by molar-refractivity contribution is 0.134. The molecule has 0 fully saturated rings. The highest BCUT2D eigenvalue weighted by atomic mass is 16.5. The minimum Gasteiger partial charge on any atom is -0.385 e. The van der Waals surface area contributed by atoms with Crippen LogP contribution in [0.25, 0.3) is 0 Å². The average Bonchev–Trinajstić information content (AvgIpc) is 2.54. The first-order valence-electron chi connectivity index (χ1n) is 7.83. The number of methoxy groups -OCH3 is 1. The van der Waals surface area contributed by atoms with E-state index >= 15 is 0 Å². The molecule has 0 aliphatic carbocycles. The largest absolute Gasteiger partial charge is 0.385 e. The van der Waals surface area contributed by atoms with E-state index in [1.165, 1.54) is 5.56 Å². The lowest BCUT2D eigenvalue weighted by Gasteiger charge is -2.17. The Balaban J connectivity index is 1.95. The summed E-state index contributed by atoms with van der Waals surface area (Å²) < 4.78 is 10.5. The molecule has 0 radical (unpaired) electrons. The van der Waals surface area contributed by atoms with Gasteiger partial charge in [-0.05, 0) is 24.8 Å². The molecule has 0 saturated heterocycles. The first-order valence-corrected chi connectivity index (χ1v) is 7.83. The highest BCUT2D eigenvalue weighted by Gasteiger charge is 2.06. The molecule has 0 saturated carbocycles. The maximum atomic E-state index is 11.7. The number of ether oxygens (including phenoxy) is 2. The van der Waals surface area contributed by atoms with Crippen molar-refractivity contribution in [1.82, 2.24) is 10.2 Å². The van der Waals surface area contributed by atoms with E-state index in [1.54, 1.807) is 19.1 Å². The second kappa shape index (κ2) is 12.0. The number of urea groups is 1. The number of hydrogen-bond donors (Lipinski definition) is 1. The molecule has 0 aliphatic rings. The van der Waals surface area contributed by atoms with Crippen LogP contribution in [-0.2, 0) is 15.9 Å². The van der Waals surface area contributed by atoms with Crippen LogP contribution in [0.3, 0.4) is 0 Å². The van der Waals surface area contributed by atoms with Crippen LogP contribution in [0.15, 0.2) is 30.3 Å². The fourth-order valence-corrected chi connectivity index (χ4v) is 1.99. The van der Waals surface area contributed by atoms with Gasteiger partial charge >= 0.3 is 6.03 Å². The summed E-state index contributed by atoms with van der Waals surface area (Å²) in [7, 11) is 3.46. The van der Waals surface area contributed by atoms with E-state index < -0.39 is 0 Å². The third-order valence-corrected chi connectivity index (χ3v) is 3.31. The quantitative estimate of drug-likeness (QED) is 0.638. The van der Waals surface area contributed by atoms with Crippen molar-refractivity contribution in [2.24, 2.45) is 0 Å². The van der Waals surface area contributed by atoms with Crippen LogP contribution in [-0.4, -0.2) is 58.0 Å². The number of hydrogen-bond acceptors (Lipinski definition) is 3. The van der Waals surface area contributed by atoms with Gasteiger partial charge in [-0.15, -0.1) is 0 Å². The topological polar surface area (TPSA) is 50.8 Å². The van der Waals surface area contributed by atoms with E-state index in [0.29, 0.717) is 26.3 Å². The van der Waals surface area contributed by atoms with Crippen LogP contribution >= 0.6 is 0 Å². The van der Waals surface area contributed by atoms with E-state index in [1.807, 2.05) is 18.2 Å². The van der Waals surface area contributed by atoms with Crippen molar-refractivity contribution in [2.45, 2.75) is 19.3 Å². The highest BCUT2D eigenvalue weighted by molar-refractivity contribution is 5.73. The second-order valence-electron chi connectivity index (χ2n) is 5.20. The van der Waals surface area contributed by atoms with Crippen molar-refractivity contribution in [3.05, 3.63) is 35.9 Å². The van der Waals surface area contributed by atoms with Crippen LogP contribution in [0.5, 0.6) is 0 Å². The Kier molecular flexibility index (Phi) is 10.1. The minimum absolute atomic E-state index is 0.0413. The predicted octanol–water partition coefficient (Wildman–Crippen LogP) is 2.31. The summed E-state index contributed by atoms with van der Waals surface area (Å²) >= 11 is 0. The van der Waals surface area contributed by atoms with Gasteiger partial charge in [0, 0.05) is 40.5 Å². The second-order valence-corrected chi connectivity index (χ2v) is 5.20. The molecule has 0 aromatic heterocycles. The molecule has 5 nitrogen and oxygen atoms in total. The number of rotatable bonds is 11. The number of amides is 2. The third kappa shape index (κ3) is 8.64. The van der Waals surface area contributed by atoms with Crippen LogP contribution in [0.2, 0.25) is 0 Å². The zero-order valence-electron chi connectivity index (χ0n) is 13.7. The van der Waals surface area contributed by atoms with E-state index in [-0.39, 0.29) is 6.03 Å². The van der Waals surface area contributed by atoms with Crippen LogP contribution in [0, 0.1) is 0 Å². The lowest BCUT2D eigenvalue weighted by atomic mass is 10.2. The van der Waals surface area contributed by atoms with Gasteiger partial charge in [0.1, 0.15) is 0 Å². The van der Waals surface area contributed by atoms with Gasteiger partial charge in [0.25, 0.3) is 0 Å². The van der Waals surface area contributed by atoms with E-state index in [4.69, 9.17) is 9.47 Å². The van der Waals surface area contributed by atoms with Gasteiger partial charge in [-0.25, -0.2) is 4.79 Å². The molecule has 0 spiro atoms. The van der Waals surface area contributed by atoms with Crippen molar-refractivity contribution in [3.63, 3.8) is 0 Å². The zero-order chi connectivity index (χ0) is 16.0. The van der Waals surface area contributed by atoms with Crippen molar-refractivity contribution < 1.29 is 14.3 Å². The number of carbonyl (C=O) groups is 1. The SMILES string of the molecule is COCCCN(C)C(=O)NCCCOCCc1ccccc1. The van der Waals surface area contributed by atoms with Gasteiger partial charge in [-0.2, -0.15) is 0 Å². The molecular formula is C17H28N2O3. The number of benzene rings is 1. The van der Waals surface area contributed by atoms with E-state index in [0.717, 1.165) is 25.9 Å². The zero-order valence-corrected chi connectivity index (χ0v) is 13.7. The molecule has 0 aliphatic heterocycles. The summed E-state index contributed by atoms with van der Waals surface area (Å²) in [4.78, 5) is 13.4. The maximum absolute atomic E-state index is 11.7. The summed E-state index contributed by atoms with van der Waals surface area (Å²) in [5.41, 5.74) is 1.29. The van der Waals surface area contributed by atoms with Gasteiger partial charge in [-0.3, -0.25) is 0 Å². The predicted molar refractivity (Wildman–Crippen MR) is 88.1 cm³/mol. The monoisotopic (exact) mass is 308 g/mol. The van der Waals surface area contributed by atoms with Crippen molar-refractivity contribution in [3.8, 4) is 0 Å². The minimum atomic E-state index is -0.0413. The normalized spacial score (nSPS) is 10.5. The third-order valence-electron chi connectivity index (χ3n) is 3.31. The summed E-state index contributed by atoms with van der Waals surface area (Å²) in [5, 5.41) is 2.88. The molecule has 22 heavy (non-hydrogen) atoms. The van der Waals surface area contributed by atoms with E-state index in [2.05, 4.69) is 17.4 Å². The van der Waals surface area contributed by atoms with Gasteiger partial charge in [0.2, 0.25) is 0 Å². The average molecular weight is 308 g/mol. The summed E-state index contributed by atoms with van der Waals surface area (Å²) in [6.07, 6.45) is 2.60. The Bertz CT molecular complexity index is 398. The van der Waals surface area contributed by atoms with Gasteiger partial charge in [-0.1, -0.05) is 30.3 Å². The highest BCUT2D eigenvalue weighted by Crippen LogP contribution is 1.99. The van der Waals surface area contributed by atoms with Gasteiger partial charge in [0.15, 0.2) is 0 Å². The molecule has 0 bridgehead atoms. The smallest absolute Gasteiger partial charge is 0.317 e. The Morgan fingerprint density at radius 2 is 1.91 bits per heavy atom. The summed E-state index contributed by atoms with van der Waals surface area (Å²) in [6.45, 7) is 3.40. The molecular weight excluding hydrogens is 280 g/mol. The first kappa shape index (κ1) is 18.5. The fourth-order valence-electron chi connectivity index (χ4n) is 1.99. The lowest BCUT2D eigenvalue weighted by Crippen LogP contribution is -2.38. The van der Waals surface area contributed by atoms with Crippen LogP contribution in [0.4, 0.5) is 4.79 Å². The number of carbonyl (C=O) groups excluding carboxylic acids is 1. The van der Waals surface area contributed by atoms with E-state index in [9.17, 15) is 4.79 Å². The molecule has 0 heterocycles. The Hall–Kier alpha value is -1.59. The van der Waals surface area contributed by atoms with Crippen molar-refractivity contribution in [2.75, 3.05) is 47.1 Å². The molecule has 124 valence electrons. The van der Waals surface area contributed by atoms with Crippen molar-refractivity contribution in [1.29, 1.82) is 0 Å². The molecule has 5 heteroatoms. The van der Waals surface area contributed by atoms with Crippen LogP contribution < -0.4 is 5.32 Å². The van der Waals surface area contributed by atoms with Crippen LogP contribution in [0.1, 0.15) is 18.4 Å². The summed E-state index contributed by atoms with van der Waals surface area (Å²) in [6, 6.07) is 10.2. The number of nitrogens with one attached hydrogen (secondary N) is 1. The molecule has 2 amide bonds. The Labute approximate surface area is 133 Å². The first-order chi connectivity index (χ1) is 10.7. The summed E-state index contributed by atoms with van der Waals surface area (Å²) in [5.74, 6) is 0. The molecule has 1 aromatic rings. The fraction of sp³-hybridized carbons (Fsp3) is 0.588. The molecule has 0 atom stereocenters. The molecule has 0 unspecified atom stereocenters. The Morgan fingerprint density at radius 1 is 1.14 bits per heavy atom. The standard InChI is InChI=1S/C17H28N2O3/c1-19(12-7-13-21-2)17(20)18-11-6-14-22-15-10-16-8-4-3-5-9-16/h3-5,8-9H,6-7,10-15H2,1-2H3,(H,18,20). The molecule has 1 aromatic carbocycles. The number of nitrogens with zero attached hydrogens (tertiary/aromatic N) is 1. The Morgan fingerprint density at radius 3 is 2.64 bits per heavy atom.